The molecule has 5 heteroatoms. The normalized spacial score (nSPS) is 17.1. The van der Waals surface area contributed by atoms with Crippen molar-refractivity contribution in [2.24, 2.45) is 0 Å². The van der Waals surface area contributed by atoms with Crippen LogP contribution in [0.5, 0.6) is 0 Å². The van der Waals surface area contributed by atoms with Crippen molar-refractivity contribution in [2.45, 2.75) is 36.5 Å². The molecule has 1 N–H and O–H groups in total. The zero-order chi connectivity index (χ0) is 18.2. The van der Waals surface area contributed by atoms with Crippen LogP contribution in [0.3, 0.4) is 0 Å². The molecule has 26 heavy (non-hydrogen) atoms. The molecular weight excluding hydrogens is 344 g/mol. The van der Waals surface area contributed by atoms with Gasteiger partial charge in [0.05, 0.1) is 4.90 Å². The van der Waals surface area contributed by atoms with Crippen LogP contribution in [0.15, 0.2) is 65.6 Å². The Balaban J connectivity index is 1.65. The van der Waals surface area contributed by atoms with E-state index in [1.807, 2.05) is 24.3 Å². The van der Waals surface area contributed by atoms with Gasteiger partial charge in [-0.2, -0.15) is 0 Å². The van der Waals surface area contributed by atoms with Crippen molar-refractivity contribution in [3.63, 3.8) is 0 Å². The summed E-state index contributed by atoms with van der Waals surface area (Å²) in [5, 5.41) is 0. The number of nitrogens with zero attached hydrogens (tertiary/aromatic N) is 1. The molecule has 1 aliphatic rings. The number of piperidine rings is 1. The summed E-state index contributed by atoms with van der Waals surface area (Å²) in [6, 6.07) is 18.8. The van der Waals surface area contributed by atoms with E-state index >= 15 is 0 Å². The second-order valence-corrected chi connectivity index (χ2v) is 8.73. The van der Waals surface area contributed by atoms with Crippen LogP contribution in [0.4, 0.5) is 0 Å². The molecule has 0 amide bonds. The number of hydrogen-bond acceptors (Lipinski definition) is 3. The van der Waals surface area contributed by atoms with E-state index < -0.39 is 10.0 Å². The smallest absolute Gasteiger partial charge is 0.240 e. The lowest BCUT2D eigenvalue weighted by atomic mass is 9.95. The molecule has 1 aliphatic heterocycles. The Labute approximate surface area is 157 Å². The fraction of sp³-hybridized carbons (Fsp3) is 0.429. The summed E-state index contributed by atoms with van der Waals surface area (Å²) >= 11 is 0. The van der Waals surface area contributed by atoms with E-state index in [-0.39, 0.29) is 5.92 Å². The van der Waals surface area contributed by atoms with Gasteiger partial charge in [-0.15, -0.1) is 0 Å². The van der Waals surface area contributed by atoms with Crippen molar-refractivity contribution in [3.8, 4) is 0 Å². The first-order valence-corrected chi connectivity index (χ1v) is 11.0. The highest BCUT2D eigenvalue weighted by Gasteiger charge is 2.19. The number of sulfonamides is 1. The fourth-order valence-electron chi connectivity index (χ4n) is 3.53. The van der Waals surface area contributed by atoms with Crippen LogP contribution in [-0.4, -0.2) is 39.5 Å². The predicted molar refractivity (Wildman–Crippen MR) is 106 cm³/mol. The highest BCUT2D eigenvalue weighted by molar-refractivity contribution is 7.89. The largest absolute Gasteiger partial charge is 0.303 e. The van der Waals surface area contributed by atoms with Gasteiger partial charge in [-0.3, -0.25) is 0 Å². The highest BCUT2D eigenvalue weighted by atomic mass is 32.2. The first-order chi connectivity index (χ1) is 12.6. The van der Waals surface area contributed by atoms with Crippen molar-refractivity contribution >= 4 is 10.0 Å². The van der Waals surface area contributed by atoms with Gasteiger partial charge in [0.25, 0.3) is 0 Å². The lowest BCUT2D eigenvalue weighted by Crippen LogP contribution is -2.34. The van der Waals surface area contributed by atoms with Gasteiger partial charge < -0.3 is 4.90 Å². The van der Waals surface area contributed by atoms with E-state index in [4.69, 9.17) is 0 Å². The number of hydrogen-bond donors (Lipinski definition) is 1. The van der Waals surface area contributed by atoms with Crippen molar-refractivity contribution in [2.75, 3.05) is 26.2 Å². The second kappa shape index (κ2) is 9.31. The van der Waals surface area contributed by atoms with Gasteiger partial charge in [0.2, 0.25) is 10.0 Å². The average Bonchev–Trinajstić information content (AvgIpc) is 2.70. The van der Waals surface area contributed by atoms with E-state index in [1.165, 1.54) is 24.8 Å². The quantitative estimate of drug-likeness (QED) is 0.770. The first kappa shape index (κ1) is 19.1. The van der Waals surface area contributed by atoms with Crippen molar-refractivity contribution in [1.82, 2.24) is 9.62 Å². The Kier molecular flexibility index (Phi) is 6.83. The molecule has 3 rings (SSSR count). The minimum Gasteiger partial charge on any atom is -0.303 e. The van der Waals surface area contributed by atoms with Gasteiger partial charge in [0.1, 0.15) is 0 Å². The summed E-state index contributed by atoms with van der Waals surface area (Å²) in [5.41, 5.74) is 1.19. The van der Waals surface area contributed by atoms with Gasteiger partial charge in [-0.05, 0) is 62.5 Å². The van der Waals surface area contributed by atoms with Gasteiger partial charge in [-0.1, -0.05) is 55.0 Å². The third-order valence-corrected chi connectivity index (χ3v) is 6.53. The Morgan fingerprint density at radius 3 is 2.15 bits per heavy atom. The minimum absolute atomic E-state index is 0.177. The standard InChI is InChI=1S/C21H28N2O2S/c24-26(25,21-12-6-2-7-13-21)22-18-20(19-10-4-1-5-11-19)14-17-23-15-8-3-9-16-23/h1-2,4-7,10-13,20,22H,3,8-9,14-18H2. The lowest BCUT2D eigenvalue weighted by Gasteiger charge is -2.28. The summed E-state index contributed by atoms with van der Waals surface area (Å²) in [4.78, 5) is 2.83. The van der Waals surface area contributed by atoms with Crippen LogP contribution in [0.2, 0.25) is 0 Å². The first-order valence-electron chi connectivity index (χ1n) is 9.47. The van der Waals surface area contributed by atoms with Crippen LogP contribution < -0.4 is 4.72 Å². The molecule has 0 aliphatic carbocycles. The molecule has 0 saturated carbocycles. The summed E-state index contributed by atoms with van der Waals surface area (Å²) < 4.78 is 27.9. The van der Waals surface area contributed by atoms with Crippen LogP contribution in [0, 0.1) is 0 Å². The number of benzene rings is 2. The zero-order valence-electron chi connectivity index (χ0n) is 15.2. The molecule has 0 aromatic heterocycles. The molecule has 1 unspecified atom stereocenters. The van der Waals surface area contributed by atoms with Crippen molar-refractivity contribution in [3.05, 3.63) is 66.2 Å². The van der Waals surface area contributed by atoms with E-state index in [0.717, 1.165) is 26.1 Å². The Morgan fingerprint density at radius 1 is 0.885 bits per heavy atom. The Hall–Kier alpha value is -1.69. The molecule has 0 radical (unpaired) electrons. The molecule has 1 heterocycles. The van der Waals surface area contributed by atoms with Crippen LogP contribution >= 0.6 is 0 Å². The summed E-state index contributed by atoms with van der Waals surface area (Å²) in [7, 11) is -3.47. The monoisotopic (exact) mass is 372 g/mol. The van der Waals surface area contributed by atoms with Crippen molar-refractivity contribution in [1.29, 1.82) is 0 Å². The van der Waals surface area contributed by atoms with Crippen LogP contribution in [0.1, 0.15) is 37.2 Å². The molecule has 4 nitrogen and oxygen atoms in total. The lowest BCUT2D eigenvalue weighted by molar-refractivity contribution is 0.221. The molecule has 140 valence electrons. The Morgan fingerprint density at radius 2 is 1.50 bits per heavy atom. The summed E-state index contributed by atoms with van der Waals surface area (Å²) in [6.45, 7) is 3.77. The highest BCUT2D eigenvalue weighted by Crippen LogP contribution is 2.21. The van der Waals surface area contributed by atoms with Gasteiger partial charge in [0, 0.05) is 6.54 Å². The molecule has 1 saturated heterocycles. The molecule has 0 spiro atoms. The molecule has 2 aromatic carbocycles. The molecule has 1 atom stereocenters. The maximum atomic E-state index is 12.6. The van der Waals surface area contributed by atoms with E-state index in [9.17, 15) is 8.42 Å². The van der Waals surface area contributed by atoms with E-state index in [1.54, 1.807) is 24.3 Å². The summed E-state index contributed by atoms with van der Waals surface area (Å²) in [6.07, 6.45) is 4.84. The maximum absolute atomic E-state index is 12.6. The topological polar surface area (TPSA) is 49.4 Å². The average molecular weight is 373 g/mol. The fourth-order valence-corrected chi connectivity index (χ4v) is 4.63. The molecule has 2 aromatic rings. The number of rotatable bonds is 8. The van der Waals surface area contributed by atoms with Crippen LogP contribution in [-0.2, 0) is 10.0 Å². The SMILES string of the molecule is O=S(=O)(NCC(CCN1CCCCC1)c1ccccc1)c1ccccc1. The molecule has 0 bridgehead atoms. The Bertz CT molecular complexity index is 757. The van der Waals surface area contributed by atoms with Gasteiger partial charge >= 0.3 is 0 Å². The van der Waals surface area contributed by atoms with E-state index in [0.29, 0.717) is 11.4 Å². The van der Waals surface area contributed by atoms with Crippen LogP contribution in [0.25, 0.3) is 0 Å². The zero-order valence-corrected chi connectivity index (χ0v) is 16.0. The summed E-state index contributed by atoms with van der Waals surface area (Å²) in [5.74, 6) is 0.177. The predicted octanol–water partition coefficient (Wildman–Crippen LogP) is 3.62. The van der Waals surface area contributed by atoms with E-state index in [2.05, 4.69) is 21.8 Å². The van der Waals surface area contributed by atoms with Gasteiger partial charge in [-0.25, -0.2) is 13.1 Å². The molecule has 1 fully saturated rings. The number of likely N-dealkylation sites (tertiary alicyclic amines) is 1. The third kappa shape index (κ3) is 5.40. The second-order valence-electron chi connectivity index (χ2n) is 6.96. The maximum Gasteiger partial charge on any atom is 0.240 e. The van der Waals surface area contributed by atoms with Crippen molar-refractivity contribution < 1.29 is 8.42 Å². The molecular formula is C21H28N2O2S. The minimum atomic E-state index is -3.47. The third-order valence-electron chi connectivity index (χ3n) is 5.09. The number of nitrogens with one attached hydrogen (secondary N) is 1. The van der Waals surface area contributed by atoms with Gasteiger partial charge in [0.15, 0.2) is 0 Å².